The number of carbonyl (C=O) groups is 2. The van der Waals surface area contributed by atoms with Crippen molar-refractivity contribution in [3.05, 3.63) is 35.6 Å². The molecular weight excluding hydrogens is 273 g/mol. The summed E-state index contributed by atoms with van der Waals surface area (Å²) in [4.78, 5) is 23.4. The van der Waals surface area contributed by atoms with Crippen LogP contribution in [0.3, 0.4) is 0 Å². The highest BCUT2D eigenvalue weighted by Crippen LogP contribution is 2.49. The van der Waals surface area contributed by atoms with Crippen molar-refractivity contribution < 1.29 is 19.1 Å². The minimum atomic E-state index is -0.804. The van der Waals surface area contributed by atoms with Gasteiger partial charge in [-0.05, 0) is 38.2 Å². The van der Waals surface area contributed by atoms with E-state index in [0.717, 1.165) is 0 Å². The van der Waals surface area contributed by atoms with Gasteiger partial charge in [0.1, 0.15) is 5.82 Å². The Kier molecular flexibility index (Phi) is 3.43. The fourth-order valence-corrected chi connectivity index (χ4v) is 3.25. The van der Waals surface area contributed by atoms with Crippen LogP contribution in [0, 0.1) is 11.7 Å². The van der Waals surface area contributed by atoms with E-state index in [1.54, 1.807) is 18.2 Å². The highest BCUT2D eigenvalue weighted by molar-refractivity contribution is 5.91. The molecule has 2 aliphatic carbocycles. The fraction of sp³-hybridized carbons (Fsp3) is 0.500. The van der Waals surface area contributed by atoms with E-state index in [-0.39, 0.29) is 23.7 Å². The molecule has 1 aromatic rings. The minimum absolute atomic E-state index is 0.108. The number of amides is 1. The lowest BCUT2D eigenvalue weighted by molar-refractivity contribution is -0.141. The normalized spacial score (nSPS) is 26.3. The molecule has 112 valence electrons. The molecule has 4 nitrogen and oxygen atoms in total. The largest absolute Gasteiger partial charge is 0.481 e. The van der Waals surface area contributed by atoms with Crippen LogP contribution in [0.1, 0.15) is 37.7 Å². The summed E-state index contributed by atoms with van der Waals surface area (Å²) in [6, 6.07) is 6.28. The zero-order valence-electron chi connectivity index (χ0n) is 11.6. The summed E-state index contributed by atoms with van der Waals surface area (Å²) in [5.74, 6) is -1.69. The van der Waals surface area contributed by atoms with Crippen LogP contribution in [-0.2, 0) is 15.0 Å². The smallest absolute Gasteiger partial charge is 0.306 e. The van der Waals surface area contributed by atoms with Crippen molar-refractivity contribution in [3.63, 3.8) is 0 Å². The molecule has 2 saturated carbocycles. The topological polar surface area (TPSA) is 66.4 Å². The highest BCUT2D eigenvalue weighted by atomic mass is 19.1. The molecule has 0 heterocycles. The standard InChI is InChI=1S/C16H18FNO3/c17-13-4-2-1-3-12(13)16(7-8-16)15(21)18-11-6-5-10(9-11)14(19)20/h1-4,10-11H,5-9H2,(H,18,21)(H,19,20)/t10-,11+/m1/s1. The number of benzene rings is 1. The van der Waals surface area contributed by atoms with E-state index >= 15 is 0 Å². The number of carboxylic acids is 1. The third-order valence-corrected chi connectivity index (χ3v) is 4.69. The number of halogens is 1. The molecular formula is C16H18FNO3. The summed E-state index contributed by atoms with van der Waals surface area (Å²) in [6.45, 7) is 0. The Morgan fingerprint density at radius 2 is 1.95 bits per heavy atom. The van der Waals surface area contributed by atoms with Crippen molar-refractivity contribution in [3.8, 4) is 0 Å². The molecule has 0 bridgehead atoms. The maximum absolute atomic E-state index is 13.9. The fourth-order valence-electron chi connectivity index (χ4n) is 3.25. The predicted octanol–water partition coefficient (Wildman–Crippen LogP) is 2.23. The molecule has 2 atom stereocenters. The van der Waals surface area contributed by atoms with Crippen LogP contribution < -0.4 is 5.32 Å². The van der Waals surface area contributed by atoms with E-state index in [1.807, 2.05) is 0 Å². The highest BCUT2D eigenvalue weighted by Gasteiger charge is 2.53. The Hall–Kier alpha value is -1.91. The minimum Gasteiger partial charge on any atom is -0.481 e. The Bertz CT molecular complexity index is 583. The average molecular weight is 291 g/mol. The first kappa shape index (κ1) is 14.0. The van der Waals surface area contributed by atoms with E-state index in [9.17, 15) is 14.0 Å². The molecule has 1 aromatic carbocycles. The van der Waals surface area contributed by atoms with E-state index in [4.69, 9.17) is 5.11 Å². The summed E-state index contributed by atoms with van der Waals surface area (Å²) in [6.07, 6.45) is 3.03. The van der Waals surface area contributed by atoms with Gasteiger partial charge >= 0.3 is 5.97 Å². The van der Waals surface area contributed by atoms with E-state index in [1.165, 1.54) is 6.07 Å². The number of carbonyl (C=O) groups excluding carboxylic acids is 1. The van der Waals surface area contributed by atoms with Gasteiger partial charge in [0.15, 0.2) is 0 Å². The lowest BCUT2D eigenvalue weighted by Crippen LogP contribution is -2.41. The van der Waals surface area contributed by atoms with E-state index in [2.05, 4.69) is 5.32 Å². The van der Waals surface area contributed by atoms with Crippen molar-refractivity contribution in [1.29, 1.82) is 0 Å². The van der Waals surface area contributed by atoms with Gasteiger partial charge in [0, 0.05) is 11.6 Å². The van der Waals surface area contributed by atoms with Crippen molar-refractivity contribution in [1.82, 2.24) is 5.32 Å². The molecule has 0 unspecified atom stereocenters. The van der Waals surface area contributed by atoms with Crippen molar-refractivity contribution in [2.75, 3.05) is 0 Å². The summed E-state index contributed by atoms with van der Waals surface area (Å²) in [5.41, 5.74) is -0.289. The average Bonchev–Trinajstić information content (AvgIpc) is 3.12. The van der Waals surface area contributed by atoms with Crippen molar-refractivity contribution in [2.45, 2.75) is 43.6 Å². The van der Waals surface area contributed by atoms with Crippen LogP contribution >= 0.6 is 0 Å². The van der Waals surface area contributed by atoms with Gasteiger partial charge in [0.25, 0.3) is 0 Å². The van der Waals surface area contributed by atoms with Crippen LogP contribution in [0.5, 0.6) is 0 Å². The molecule has 21 heavy (non-hydrogen) atoms. The summed E-state index contributed by atoms with van der Waals surface area (Å²) in [7, 11) is 0. The number of hydrogen-bond acceptors (Lipinski definition) is 2. The lowest BCUT2D eigenvalue weighted by Gasteiger charge is -2.20. The Labute approximate surface area is 122 Å². The van der Waals surface area contributed by atoms with Crippen LogP contribution in [0.4, 0.5) is 4.39 Å². The van der Waals surface area contributed by atoms with Gasteiger partial charge in [-0.3, -0.25) is 9.59 Å². The van der Waals surface area contributed by atoms with Gasteiger partial charge in [-0.15, -0.1) is 0 Å². The lowest BCUT2D eigenvalue weighted by atomic mass is 9.94. The zero-order chi connectivity index (χ0) is 15.0. The molecule has 1 amide bonds. The van der Waals surface area contributed by atoms with E-state index in [0.29, 0.717) is 37.7 Å². The van der Waals surface area contributed by atoms with Gasteiger partial charge in [-0.2, -0.15) is 0 Å². The molecule has 0 spiro atoms. The van der Waals surface area contributed by atoms with Gasteiger partial charge in [0.05, 0.1) is 11.3 Å². The van der Waals surface area contributed by atoms with Crippen LogP contribution in [0.25, 0.3) is 0 Å². The Morgan fingerprint density at radius 1 is 1.24 bits per heavy atom. The number of nitrogens with one attached hydrogen (secondary N) is 1. The monoisotopic (exact) mass is 291 g/mol. The molecule has 3 rings (SSSR count). The Balaban J connectivity index is 1.69. The molecule has 0 aliphatic heterocycles. The Morgan fingerprint density at radius 3 is 2.52 bits per heavy atom. The number of aliphatic carboxylic acids is 1. The van der Waals surface area contributed by atoms with Crippen molar-refractivity contribution in [2.24, 2.45) is 5.92 Å². The number of hydrogen-bond donors (Lipinski definition) is 2. The van der Waals surface area contributed by atoms with Gasteiger partial charge in [-0.25, -0.2) is 4.39 Å². The van der Waals surface area contributed by atoms with Crippen molar-refractivity contribution >= 4 is 11.9 Å². The molecule has 2 aliphatic rings. The zero-order valence-corrected chi connectivity index (χ0v) is 11.6. The number of rotatable bonds is 4. The molecule has 2 fully saturated rings. The van der Waals surface area contributed by atoms with Crippen LogP contribution in [0.15, 0.2) is 24.3 Å². The summed E-state index contributed by atoms with van der Waals surface area (Å²) < 4.78 is 13.9. The molecule has 0 radical (unpaired) electrons. The first-order valence-electron chi connectivity index (χ1n) is 7.32. The van der Waals surface area contributed by atoms with Gasteiger partial charge in [0.2, 0.25) is 5.91 Å². The second-order valence-corrected chi connectivity index (χ2v) is 6.08. The summed E-state index contributed by atoms with van der Waals surface area (Å²) >= 11 is 0. The van der Waals surface area contributed by atoms with E-state index < -0.39 is 11.4 Å². The molecule has 0 aromatic heterocycles. The van der Waals surface area contributed by atoms with Crippen LogP contribution in [0.2, 0.25) is 0 Å². The third kappa shape index (κ3) is 2.52. The predicted molar refractivity (Wildman–Crippen MR) is 74.2 cm³/mol. The summed E-state index contributed by atoms with van der Waals surface area (Å²) in [5, 5.41) is 11.9. The van der Waals surface area contributed by atoms with Gasteiger partial charge in [-0.1, -0.05) is 18.2 Å². The molecule has 2 N–H and O–H groups in total. The number of carboxylic acid groups (broad SMARTS) is 1. The maximum Gasteiger partial charge on any atom is 0.306 e. The first-order chi connectivity index (χ1) is 10.0. The molecule has 0 saturated heterocycles. The quantitative estimate of drug-likeness (QED) is 0.894. The van der Waals surface area contributed by atoms with Crippen LogP contribution in [-0.4, -0.2) is 23.0 Å². The SMILES string of the molecule is O=C(O)[C@@H]1CC[C@H](NC(=O)C2(c3ccccc3F)CC2)C1. The van der Waals surface area contributed by atoms with Gasteiger partial charge < -0.3 is 10.4 Å². The maximum atomic E-state index is 13.9. The molecule has 5 heteroatoms. The first-order valence-corrected chi connectivity index (χ1v) is 7.32. The second kappa shape index (κ2) is 5.13. The third-order valence-electron chi connectivity index (χ3n) is 4.69. The second-order valence-electron chi connectivity index (χ2n) is 6.08.